The number of methoxy groups -OCH3 is 1. The van der Waals surface area contributed by atoms with Crippen LogP contribution in [0.2, 0.25) is 0 Å². The predicted molar refractivity (Wildman–Crippen MR) is 137 cm³/mol. The van der Waals surface area contributed by atoms with Gasteiger partial charge in [0.15, 0.2) is 5.96 Å². The van der Waals surface area contributed by atoms with Crippen molar-refractivity contribution in [2.75, 3.05) is 46.4 Å². The van der Waals surface area contributed by atoms with Gasteiger partial charge in [0.25, 0.3) is 0 Å². The lowest BCUT2D eigenvalue weighted by Gasteiger charge is -2.41. The van der Waals surface area contributed by atoms with Crippen molar-refractivity contribution < 1.29 is 9.13 Å². The minimum Gasteiger partial charge on any atom is -0.385 e. The van der Waals surface area contributed by atoms with Crippen LogP contribution in [-0.2, 0) is 11.3 Å². The standard InChI is InChI=1S/C24H39FN4O.HI/c1-3-26-23(28-19-24(11-6-12-24)13-16-30-2)27-17-20-9-14-29(15-10-20)18-21-7-4-5-8-22(21)25;/h4-5,7-8,20H,3,6,9-19H2,1-2H3,(H2,26,27,28);1H. The summed E-state index contributed by atoms with van der Waals surface area (Å²) in [5, 5.41) is 6.97. The Bertz CT molecular complexity index is 675. The van der Waals surface area contributed by atoms with Gasteiger partial charge in [-0.05, 0) is 69.5 Å². The number of hydrogen-bond acceptors (Lipinski definition) is 3. The largest absolute Gasteiger partial charge is 0.385 e. The number of rotatable bonds is 10. The van der Waals surface area contributed by atoms with E-state index in [-0.39, 0.29) is 29.8 Å². The van der Waals surface area contributed by atoms with Crippen molar-refractivity contribution in [3.63, 3.8) is 0 Å². The molecule has 0 bridgehead atoms. The van der Waals surface area contributed by atoms with Crippen LogP contribution in [0, 0.1) is 17.2 Å². The summed E-state index contributed by atoms with van der Waals surface area (Å²) in [7, 11) is 1.78. The molecule has 1 aliphatic heterocycles. The van der Waals surface area contributed by atoms with Crippen LogP contribution in [0.5, 0.6) is 0 Å². The van der Waals surface area contributed by atoms with E-state index in [4.69, 9.17) is 9.73 Å². The summed E-state index contributed by atoms with van der Waals surface area (Å²) >= 11 is 0. The van der Waals surface area contributed by atoms with Gasteiger partial charge in [0, 0.05) is 45.5 Å². The maximum absolute atomic E-state index is 13.9. The van der Waals surface area contributed by atoms with Crippen molar-refractivity contribution in [2.24, 2.45) is 16.3 Å². The van der Waals surface area contributed by atoms with E-state index in [0.717, 1.165) is 70.1 Å². The molecule has 3 rings (SSSR count). The highest BCUT2D eigenvalue weighted by Gasteiger charge is 2.36. The molecule has 2 fully saturated rings. The van der Waals surface area contributed by atoms with Gasteiger partial charge in [0.05, 0.1) is 0 Å². The Morgan fingerprint density at radius 1 is 1.23 bits per heavy atom. The Labute approximate surface area is 204 Å². The fourth-order valence-electron chi connectivity index (χ4n) is 4.53. The number of ether oxygens (including phenoxy) is 1. The van der Waals surface area contributed by atoms with E-state index in [1.165, 1.54) is 19.3 Å². The third kappa shape index (κ3) is 8.17. The van der Waals surface area contributed by atoms with Crippen LogP contribution in [0.25, 0.3) is 0 Å². The summed E-state index contributed by atoms with van der Waals surface area (Å²) in [4.78, 5) is 7.28. The Morgan fingerprint density at radius 3 is 2.58 bits per heavy atom. The molecule has 1 aromatic rings. The average Bonchev–Trinajstić information content (AvgIpc) is 2.73. The van der Waals surface area contributed by atoms with Crippen LogP contribution < -0.4 is 10.6 Å². The molecule has 0 aromatic heterocycles. The van der Waals surface area contributed by atoms with Crippen LogP contribution in [0.1, 0.15) is 51.0 Å². The van der Waals surface area contributed by atoms with Crippen molar-refractivity contribution in [2.45, 2.75) is 52.0 Å². The van der Waals surface area contributed by atoms with E-state index >= 15 is 0 Å². The maximum atomic E-state index is 13.9. The van der Waals surface area contributed by atoms with Gasteiger partial charge in [-0.3, -0.25) is 9.89 Å². The molecule has 1 saturated carbocycles. The average molecular weight is 547 g/mol. The Balaban J connectivity index is 0.00000341. The lowest BCUT2D eigenvalue weighted by molar-refractivity contribution is 0.0778. The van der Waals surface area contributed by atoms with E-state index in [2.05, 4.69) is 22.5 Å². The highest BCUT2D eigenvalue weighted by Crippen LogP contribution is 2.44. The number of benzene rings is 1. The number of aliphatic imine (C=N–C) groups is 1. The predicted octanol–water partition coefficient (Wildman–Crippen LogP) is 4.42. The van der Waals surface area contributed by atoms with Gasteiger partial charge in [-0.15, -0.1) is 24.0 Å². The van der Waals surface area contributed by atoms with Crippen molar-refractivity contribution in [1.29, 1.82) is 0 Å². The molecule has 0 radical (unpaired) electrons. The quantitative estimate of drug-likeness (QED) is 0.259. The van der Waals surface area contributed by atoms with Crippen molar-refractivity contribution >= 4 is 29.9 Å². The van der Waals surface area contributed by atoms with Crippen LogP contribution in [0.15, 0.2) is 29.3 Å². The van der Waals surface area contributed by atoms with Crippen molar-refractivity contribution in [3.8, 4) is 0 Å². The number of nitrogens with zero attached hydrogens (tertiary/aromatic N) is 2. The molecule has 176 valence electrons. The summed E-state index contributed by atoms with van der Waals surface area (Å²) in [6.07, 6.45) is 7.22. The normalized spacial score (nSPS) is 19.4. The molecular formula is C24H40FIN4O. The first-order valence-corrected chi connectivity index (χ1v) is 11.6. The zero-order valence-electron chi connectivity index (χ0n) is 19.2. The first kappa shape index (κ1) is 26.3. The highest BCUT2D eigenvalue weighted by molar-refractivity contribution is 14.0. The first-order chi connectivity index (χ1) is 14.6. The highest BCUT2D eigenvalue weighted by atomic mass is 127. The molecule has 5 nitrogen and oxygen atoms in total. The second kappa shape index (κ2) is 13.6. The van der Waals surface area contributed by atoms with Gasteiger partial charge in [0.1, 0.15) is 5.82 Å². The van der Waals surface area contributed by atoms with Gasteiger partial charge < -0.3 is 15.4 Å². The summed E-state index contributed by atoms with van der Waals surface area (Å²) < 4.78 is 19.2. The third-order valence-electron chi connectivity index (χ3n) is 6.78. The second-order valence-electron chi connectivity index (χ2n) is 8.98. The molecule has 0 amide bonds. The van der Waals surface area contributed by atoms with Crippen LogP contribution >= 0.6 is 24.0 Å². The van der Waals surface area contributed by atoms with Gasteiger partial charge >= 0.3 is 0 Å². The smallest absolute Gasteiger partial charge is 0.191 e. The Kier molecular flexibility index (Phi) is 11.5. The Morgan fingerprint density at radius 2 is 1.97 bits per heavy atom. The lowest BCUT2D eigenvalue weighted by atomic mass is 9.67. The van der Waals surface area contributed by atoms with Crippen LogP contribution in [0.4, 0.5) is 4.39 Å². The zero-order valence-corrected chi connectivity index (χ0v) is 21.5. The van der Waals surface area contributed by atoms with Gasteiger partial charge in [-0.25, -0.2) is 4.39 Å². The fourth-order valence-corrected chi connectivity index (χ4v) is 4.53. The third-order valence-corrected chi connectivity index (χ3v) is 6.78. The summed E-state index contributed by atoms with van der Waals surface area (Å²) in [5.74, 6) is 1.48. The van der Waals surface area contributed by atoms with Crippen LogP contribution in [0.3, 0.4) is 0 Å². The van der Waals surface area contributed by atoms with Gasteiger partial charge in [0.2, 0.25) is 0 Å². The number of halogens is 2. The molecule has 0 spiro atoms. The lowest BCUT2D eigenvalue weighted by Crippen LogP contribution is -2.44. The molecule has 0 unspecified atom stereocenters. The molecule has 1 aromatic carbocycles. The minimum absolute atomic E-state index is 0. The Hall–Kier alpha value is -0.930. The second-order valence-corrected chi connectivity index (χ2v) is 8.98. The van der Waals surface area contributed by atoms with Crippen LogP contribution in [-0.4, -0.2) is 57.3 Å². The number of hydrogen-bond donors (Lipinski definition) is 2. The zero-order chi connectivity index (χ0) is 21.2. The van der Waals surface area contributed by atoms with Gasteiger partial charge in [-0.1, -0.05) is 24.6 Å². The van der Waals surface area contributed by atoms with E-state index < -0.39 is 0 Å². The monoisotopic (exact) mass is 546 g/mol. The summed E-state index contributed by atoms with van der Waals surface area (Å²) in [5.41, 5.74) is 1.14. The maximum Gasteiger partial charge on any atom is 0.191 e. The molecule has 7 heteroatoms. The molecular weight excluding hydrogens is 506 g/mol. The van der Waals surface area contributed by atoms with E-state index in [1.807, 2.05) is 12.1 Å². The van der Waals surface area contributed by atoms with E-state index in [0.29, 0.717) is 17.9 Å². The fraction of sp³-hybridized carbons (Fsp3) is 0.708. The van der Waals surface area contributed by atoms with E-state index in [1.54, 1.807) is 19.2 Å². The molecule has 2 N–H and O–H groups in total. The first-order valence-electron chi connectivity index (χ1n) is 11.6. The van der Waals surface area contributed by atoms with Gasteiger partial charge in [-0.2, -0.15) is 0 Å². The SMILES string of the molecule is CCNC(=NCC1(CCOC)CCC1)NCC1CCN(Cc2ccccc2F)CC1.I. The number of likely N-dealkylation sites (tertiary alicyclic amines) is 1. The molecule has 0 atom stereocenters. The molecule has 2 aliphatic rings. The summed E-state index contributed by atoms with van der Waals surface area (Å²) in [6, 6.07) is 7.12. The minimum atomic E-state index is -0.0949. The molecule has 31 heavy (non-hydrogen) atoms. The van der Waals surface area contributed by atoms with E-state index in [9.17, 15) is 4.39 Å². The number of guanidine groups is 1. The van der Waals surface area contributed by atoms with Crippen molar-refractivity contribution in [3.05, 3.63) is 35.6 Å². The topological polar surface area (TPSA) is 48.9 Å². The molecule has 1 aliphatic carbocycles. The molecule has 1 heterocycles. The molecule has 1 saturated heterocycles. The number of nitrogens with one attached hydrogen (secondary N) is 2. The number of piperidine rings is 1. The van der Waals surface area contributed by atoms with Crippen molar-refractivity contribution in [1.82, 2.24) is 15.5 Å². The summed E-state index contributed by atoms with van der Waals surface area (Å²) in [6.45, 7) is 8.39.